The molecule has 2 N–H and O–H groups in total. The second-order valence-electron chi connectivity index (χ2n) is 4.53. The third-order valence-corrected chi connectivity index (χ3v) is 2.98. The first-order valence-corrected chi connectivity index (χ1v) is 6.72. The second kappa shape index (κ2) is 6.49. The van der Waals surface area contributed by atoms with Gasteiger partial charge in [0.05, 0.1) is 18.1 Å². The van der Waals surface area contributed by atoms with Gasteiger partial charge < -0.3 is 10.6 Å². The standard InChI is InChI=1S/C15H14N6O/c22-15(17-11-12-5-7-16-8-6-12)20-13-1-3-14(4-2-13)21-18-9-10-19-21/h1-10H,11H2,(H2,17,20,22). The fraction of sp³-hybridized carbons (Fsp3) is 0.0667. The molecule has 0 fully saturated rings. The summed E-state index contributed by atoms with van der Waals surface area (Å²) in [6.07, 6.45) is 6.60. The lowest BCUT2D eigenvalue weighted by atomic mass is 10.3. The molecule has 1 aromatic carbocycles. The molecule has 0 radical (unpaired) electrons. The first-order valence-electron chi connectivity index (χ1n) is 6.72. The van der Waals surface area contributed by atoms with Crippen molar-refractivity contribution < 1.29 is 4.79 Å². The number of carbonyl (C=O) groups excluding carboxylic acids is 1. The fourth-order valence-electron chi connectivity index (χ4n) is 1.89. The second-order valence-corrected chi connectivity index (χ2v) is 4.53. The summed E-state index contributed by atoms with van der Waals surface area (Å²) >= 11 is 0. The number of nitrogens with zero attached hydrogens (tertiary/aromatic N) is 4. The smallest absolute Gasteiger partial charge is 0.319 e. The molecule has 0 atom stereocenters. The Labute approximate surface area is 127 Å². The summed E-state index contributed by atoms with van der Waals surface area (Å²) in [6.45, 7) is 0.448. The number of rotatable bonds is 4. The number of hydrogen-bond donors (Lipinski definition) is 2. The van der Waals surface area contributed by atoms with Crippen LogP contribution in [0.1, 0.15) is 5.56 Å². The average Bonchev–Trinajstić information content (AvgIpc) is 3.09. The zero-order valence-corrected chi connectivity index (χ0v) is 11.7. The van der Waals surface area contributed by atoms with Crippen molar-refractivity contribution in [2.75, 3.05) is 5.32 Å². The van der Waals surface area contributed by atoms with Crippen LogP contribution in [0.4, 0.5) is 10.5 Å². The van der Waals surface area contributed by atoms with Gasteiger partial charge in [0.2, 0.25) is 0 Å². The summed E-state index contributed by atoms with van der Waals surface area (Å²) in [6, 6.07) is 10.7. The SMILES string of the molecule is O=C(NCc1ccncc1)Nc1ccc(-n2nccn2)cc1. The molecule has 110 valence electrons. The van der Waals surface area contributed by atoms with Crippen molar-refractivity contribution in [1.29, 1.82) is 0 Å². The maximum Gasteiger partial charge on any atom is 0.319 e. The molecule has 3 aromatic rings. The molecule has 3 rings (SSSR count). The van der Waals surface area contributed by atoms with Crippen LogP contribution in [-0.4, -0.2) is 26.0 Å². The van der Waals surface area contributed by atoms with Crippen LogP contribution in [0.3, 0.4) is 0 Å². The Bertz CT molecular complexity index is 724. The van der Waals surface area contributed by atoms with E-state index >= 15 is 0 Å². The van der Waals surface area contributed by atoms with E-state index in [1.165, 1.54) is 4.80 Å². The molecule has 22 heavy (non-hydrogen) atoms. The summed E-state index contributed by atoms with van der Waals surface area (Å²) in [4.78, 5) is 17.3. The van der Waals surface area contributed by atoms with E-state index in [-0.39, 0.29) is 6.03 Å². The van der Waals surface area contributed by atoms with Crippen molar-refractivity contribution in [2.45, 2.75) is 6.54 Å². The number of nitrogens with one attached hydrogen (secondary N) is 2. The van der Waals surface area contributed by atoms with Crippen molar-refractivity contribution in [3.63, 3.8) is 0 Å². The minimum atomic E-state index is -0.262. The third-order valence-electron chi connectivity index (χ3n) is 2.98. The van der Waals surface area contributed by atoms with Crippen LogP contribution in [0, 0.1) is 0 Å². The molecule has 0 saturated heterocycles. The quantitative estimate of drug-likeness (QED) is 0.770. The number of hydrogen-bond acceptors (Lipinski definition) is 4. The number of amides is 2. The van der Waals surface area contributed by atoms with Gasteiger partial charge in [-0.2, -0.15) is 15.0 Å². The molecule has 0 aliphatic heterocycles. The van der Waals surface area contributed by atoms with E-state index in [0.717, 1.165) is 11.3 Å². The monoisotopic (exact) mass is 294 g/mol. The van der Waals surface area contributed by atoms with Crippen LogP contribution in [-0.2, 0) is 6.54 Å². The predicted molar refractivity (Wildman–Crippen MR) is 81.5 cm³/mol. The molecule has 2 aromatic heterocycles. The Morgan fingerprint density at radius 1 is 0.955 bits per heavy atom. The maximum atomic E-state index is 11.8. The maximum absolute atomic E-state index is 11.8. The molecule has 0 bridgehead atoms. The van der Waals surface area contributed by atoms with Crippen molar-refractivity contribution in [2.24, 2.45) is 0 Å². The molecule has 2 amide bonds. The van der Waals surface area contributed by atoms with Gasteiger partial charge in [-0.15, -0.1) is 0 Å². The van der Waals surface area contributed by atoms with Crippen LogP contribution in [0.5, 0.6) is 0 Å². The lowest BCUT2D eigenvalue weighted by Gasteiger charge is -2.08. The van der Waals surface area contributed by atoms with Crippen molar-refractivity contribution in [1.82, 2.24) is 25.3 Å². The van der Waals surface area contributed by atoms with Gasteiger partial charge in [-0.1, -0.05) is 0 Å². The van der Waals surface area contributed by atoms with E-state index < -0.39 is 0 Å². The van der Waals surface area contributed by atoms with Gasteiger partial charge in [0.15, 0.2) is 0 Å². The molecular formula is C15H14N6O. The Hall–Kier alpha value is -3.22. The Morgan fingerprint density at radius 3 is 2.32 bits per heavy atom. The highest BCUT2D eigenvalue weighted by molar-refractivity contribution is 5.89. The fourth-order valence-corrected chi connectivity index (χ4v) is 1.89. The molecule has 0 spiro atoms. The molecule has 0 unspecified atom stereocenters. The zero-order chi connectivity index (χ0) is 15.2. The van der Waals surface area contributed by atoms with Crippen molar-refractivity contribution in [3.8, 4) is 5.69 Å². The Kier molecular flexibility index (Phi) is 4.05. The molecule has 0 aliphatic rings. The van der Waals surface area contributed by atoms with E-state index in [9.17, 15) is 4.79 Å². The highest BCUT2D eigenvalue weighted by atomic mass is 16.2. The minimum Gasteiger partial charge on any atom is -0.334 e. The Morgan fingerprint density at radius 2 is 1.64 bits per heavy atom. The van der Waals surface area contributed by atoms with Crippen LogP contribution in [0.2, 0.25) is 0 Å². The number of pyridine rings is 1. The summed E-state index contributed by atoms with van der Waals surface area (Å²) in [5.41, 5.74) is 2.51. The summed E-state index contributed by atoms with van der Waals surface area (Å²) in [5, 5.41) is 13.6. The van der Waals surface area contributed by atoms with Crippen LogP contribution in [0.25, 0.3) is 5.69 Å². The van der Waals surface area contributed by atoms with Gasteiger partial charge >= 0.3 is 6.03 Å². The van der Waals surface area contributed by atoms with Crippen LogP contribution in [0.15, 0.2) is 61.2 Å². The third kappa shape index (κ3) is 3.45. The molecule has 7 heteroatoms. The van der Waals surface area contributed by atoms with Crippen molar-refractivity contribution in [3.05, 3.63) is 66.7 Å². The molecular weight excluding hydrogens is 280 g/mol. The van der Waals surface area contributed by atoms with E-state index in [4.69, 9.17) is 0 Å². The number of benzene rings is 1. The highest BCUT2D eigenvalue weighted by Gasteiger charge is 2.03. The first kappa shape index (κ1) is 13.7. The normalized spacial score (nSPS) is 10.2. The van der Waals surface area contributed by atoms with Crippen LogP contribution < -0.4 is 10.6 Å². The lowest BCUT2D eigenvalue weighted by Crippen LogP contribution is -2.28. The first-order chi connectivity index (χ1) is 10.8. The summed E-state index contributed by atoms with van der Waals surface area (Å²) in [7, 11) is 0. The number of aromatic nitrogens is 4. The summed E-state index contributed by atoms with van der Waals surface area (Å²) in [5.74, 6) is 0. The Balaban J connectivity index is 1.55. The molecule has 7 nitrogen and oxygen atoms in total. The largest absolute Gasteiger partial charge is 0.334 e. The topological polar surface area (TPSA) is 84.7 Å². The van der Waals surface area contributed by atoms with E-state index in [2.05, 4.69) is 25.8 Å². The van der Waals surface area contributed by atoms with Gasteiger partial charge in [0.25, 0.3) is 0 Å². The van der Waals surface area contributed by atoms with Crippen LogP contribution >= 0.6 is 0 Å². The number of anilines is 1. The zero-order valence-electron chi connectivity index (χ0n) is 11.7. The average molecular weight is 294 g/mol. The number of carbonyl (C=O) groups is 1. The van der Waals surface area contributed by atoms with E-state index in [0.29, 0.717) is 12.2 Å². The van der Waals surface area contributed by atoms with Gasteiger partial charge in [0, 0.05) is 24.6 Å². The summed E-state index contributed by atoms with van der Waals surface area (Å²) < 4.78 is 0. The van der Waals surface area contributed by atoms with Gasteiger partial charge in [0.1, 0.15) is 0 Å². The van der Waals surface area contributed by atoms with Gasteiger partial charge in [-0.25, -0.2) is 4.79 Å². The molecule has 0 saturated carbocycles. The van der Waals surface area contributed by atoms with Crippen molar-refractivity contribution >= 4 is 11.7 Å². The molecule has 0 aliphatic carbocycles. The molecule has 2 heterocycles. The highest BCUT2D eigenvalue weighted by Crippen LogP contribution is 2.11. The van der Waals surface area contributed by atoms with E-state index in [1.807, 2.05) is 24.3 Å². The van der Waals surface area contributed by atoms with Gasteiger partial charge in [-0.3, -0.25) is 4.98 Å². The lowest BCUT2D eigenvalue weighted by molar-refractivity contribution is 0.251. The van der Waals surface area contributed by atoms with Gasteiger partial charge in [-0.05, 0) is 42.0 Å². The number of urea groups is 1. The van der Waals surface area contributed by atoms with E-state index in [1.54, 1.807) is 36.9 Å². The minimum absolute atomic E-state index is 0.262. The predicted octanol–water partition coefficient (Wildman–Crippen LogP) is 1.98.